The Balaban J connectivity index is 2.57. The van der Waals surface area contributed by atoms with E-state index in [1.54, 1.807) is 0 Å². The molecule has 0 bridgehead atoms. The van der Waals surface area contributed by atoms with E-state index >= 15 is 0 Å². The Hall–Kier alpha value is -1.22. The van der Waals surface area contributed by atoms with Crippen LogP contribution in [0.2, 0.25) is 0 Å². The van der Waals surface area contributed by atoms with Crippen molar-refractivity contribution in [2.75, 3.05) is 65.8 Å². The number of rotatable bonds is 50. The van der Waals surface area contributed by atoms with E-state index in [2.05, 4.69) is 37.5 Å². The van der Waals surface area contributed by atoms with Crippen LogP contribution >= 0.6 is 0 Å². The van der Waals surface area contributed by atoms with Crippen molar-refractivity contribution in [1.29, 1.82) is 0 Å². The van der Waals surface area contributed by atoms with Gasteiger partial charge in [0.25, 0.3) is 0 Å². The number of ether oxygens (including phenoxy) is 3. The Morgan fingerprint density at radius 1 is 0.492 bits per heavy atom. The maximum absolute atomic E-state index is 12.9. The van der Waals surface area contributed by atoms with E-state index in [9.17, 15) is 14.7 Å². The fourth-order valence-electron chi connectivity index (χ4n) is 9.83. The first-order valence-electron chi connectivity index (χ1n) is 28.9. The minimum Gasteiger partial charge on any atom is -0.465 e. The molecular formula is C57H112N2O6. The third kappa shape index (κ3) is 39.3. The molecule has 1 rings (SSSR count). The molecule has 65 heavy (non-hydrogen) atoms. The number of hydrogen-bond acceptors (Lipinski definition) is 8. The Labute approximate surface area is 404 Å². The zero-order chi connectivity index (χ0) is 47.1. The molecule has 1 heterocycles. The Morgan fingerprint density at radius 2 is 0.877 bits per heavy atom. The normalized spacial score (nSPS) is 14.4. The number of esters is 2. The quantitative estimate of drug-likeness (QED) is 0.0477. The van der Waals surface area contributed by atoms with Crippen LogP contribution in [0.4, 0.5) is 0 Å². The second kappa shape index (κ2) is 47.8. The molecule has 1 atom stereocenters. The molecule has 0 aromatic rings. The van der Waals surface area contributed by atoms with Crippen molar-refractivity contribution in [1.82, 2.24) is 9.80 Å². The number of unbranched alkanes of at least 4 members (excludes halogenated alkanes) is 24. The molecule has 1 fully saturated rings. The molecule has 1 N–H and O–H groups in total. The van der Waals surface area contributed by atoms with Crippen molar-refractivity contribution in [3.63, 3.8) is 0 Å². The molecule has 8 heteroatoms. The highest BCUT2D eigenvalue weighted by atomic mass is 16.5. The fourth-order valence-corrected chi connectivity index (χ4v) is 9.83. The zero-order valence-corrected chi connectivity index (χ0v) is 44.1. The van der Waals surface area contributed by atoms with Gasteiger partial charge in [-0.2, -0.15) is 0 Å². The van der Waals surface area contributed by atoms with Gasteiger partial charge < -0.3 is 24.2 Å². The van der Waals surface area contributed by atoms with E-state index in [1.165, 1.54) is 180 Å². The van der Waals surface area contributed by atoms with Crippen molar-refractivity contribution < 1.29 is 28.9 Å². The Morgan fingerprint density at radius 3 is 1.25 bits per heavy atom. The lowest BCUT2D eigenvalue weighted by Gasteiger charge is -2.35. The molecule has 0 aromatic heterocycles. The summed E-state index contributed by atoms with van der Waals surface area (Å²) in [6.07, 6.45) is 45.4. The zero-order valence-electron chi connectivity index (χ0n) is 44.1. The first-order chi connectivity index (χ1) is 32.0. The summed E-state index contributed by atoms with van der Waals surface area (Å²) in [7, 11) is 0. The molecule has 1 saturated heterocycles. The highest BCUT2D eigenvalue weighted by molar-refractivity contribution is 5.69. The van der Waals surface area contributed by atoms with E-state index in [1.807, 2.05) is 0 Å². The van der Waals surface area contributed by atoms with E-state index in [0.717, 1.165) is 90.8 Å². The number of carbonyl (C=O) groups excluding carboxylic acids is 2. The first-order valence-corrected chi connectivity index (χ1v) is 28.9. The van der Waals surface area contributed by atoms with Gasteiger partial charge >= 0.3 is 11.9 Å². The lowest BCUT2D eigenvalue weighted by molar-refractivity contribution is -0.146. The Bertz CT molecular complexity index is 914. The third-order valence-corrected chi connectivity index (χ3v) is 14.3. The van der Waals surface area contributed by atoms with Gasteiger partial charge in [-0.25, -0.2) is 0 Å². The van der Waals surface area contributed by atoms with Gasteiger partial charge in [0.15, 0.2) is 0 Å². The summed E-state index contributed by atoms with van der Waals surface area (Å²) in [6, 6.07) is 0.377. The van der Waals surface area contributed by atoms with Crippen LogP contribution in [0.5, 0.6) is 0 Å². The predicted octanol–water partition coefficient (Wildman–Crippen LogP) is 15.2. The molecule has 0 amide bonds. The molecular weight excluding hydrogens is 809 g/mol. The van der Waals surface area contributed by atoms with Crippen molar-refractivity contribution in [2.24, 2.45) is 11.8 Å². The van der Waals surface area contributed by atoms with Crippen LogP contribution in [0.25, 0.3) is 0 Å². The van der Waals surface area contributed by atoms with Gasteiger partial charge in [-0.3, -0.25) is 14.5 Å². The number of aliphatic hydroxyl groups excluding tert-OH is 1. The lowest BCUT2D eigenvalue weighted by Crippen LogP contribution is -2.46. The highest BCUT2D eigenvalue weighted by Gasteiger charge is 2.22. The summed E-state index contributed by atoms with van der Waals surface area (Å²) >= 11 is 0. The van der Waals surface area contributed by atoms with E-state index in [0.29, 0.717) is 50.5 Å². The molecule has 0 spiro atoms. The second-order valence-electron chi connectivity index (χ2n) is 20.4. The van der Waals surface area contributed by atoms with Crippen LogP contribution in [0.3, 0.4) is 0 Å². The molecule has 0 saturated carbocycles. The average Bonchev–Trinajstić information content (AvgIpc) is 3.32. The van der Waals surface area contributed by atoms with E-state index in [4.69, 9.17) is 14.2 Å². The summed E-state index contributed by atoms with van der Waals surface area (Å²) in [5, 5.41) is 9.89. The van der Waals surface area contributed by atoms with Gasteiger partial charge in [-0.15, -0.1) is 0 Å². The van der Waals surface area contributed by atoms with Gasteiger partial charge in [0, 0.05) is 45.1 Å². The van der Waals surface area contributed by atoms with Gasteiger partial charge in [-0.1, -0.05) is 195 Å². The predicted molar refractivity (Wildman–Crippen MR) is 277 cm³/mol. The number of aliphatic hydroxyl groups is 1. The third-order valence-electron chi connectivity index (χ3n) is 14.3. The number of nitrogens with zero attached hydrogens (tertiary/aromatic N) is 2. The highest BCUT2D eigenvalue weighted by Crippen LogP contribution is 2.22. The van der Waals surface area contributed by atoms with Crippen LogP contribution in [-0.4, -0.2) is 98.6 Å². The van der Waals surface area contributed by atoms with Crippen molar-refractivity contribution in [3.05, 3.63) is 0 Å². The van der Waals surface area contributed by atoms with Gasteiger partial charge in [-0.05, 0) is 89.1 Å². The minimum atomic E-state index is -0.0169. The standard InChI is InChI=1S/C57H112N2O6/c1-5-9-13-17-21-27-36-53(37-28-22-18-14-10-6-2)50-64-56(61)41-31-25-33-43-58(45-46-59(47-48-60)55-40-35-49-63-52-55)44-34-26-32-42-57(62)65-51-54(38-29-23-19-15-11-7-3)39-30-24-20-16-12-8-4/h53-55,60H,5-52H2,1-4H3. The largest absolute Gasteiger partial charge is 0.465 e. The molecule has 0 aromatic carbocycles. The SMILES string of the molecule is CCCCCCCCC(CCCCCCCC)COC(=O)CCCCCN(CCCCCC(=O)OCC(CCCCCCCC)CCCCCCCC)CCN(CCO)C1CCCOC1. The smallest absolute Gasteiger partial charge is 0.305 e. The van der Waals surface area contributed by atoms with Gasteiger partial charge in [0.1, 0.15) is 0 Å². The Kier molecular flexibility index (Phi) is 45.5. The molecule has 1 unspecified atom stereocenters. The summed E-state index contributed by atoms with van der Waals surface area (Å²) < 4.78 is 17.7. The van der Waals surface area contributed by atoms with Crippen LogP contribution in [0.1, 0.15) is 272 Å². The summed E-state index contributed by atoms with van der Waals surface area (Å²) in [4.78, 5) is 30.8. The minimum absolute atomic E-state index is 0.0169. The molecule has 8 nitrogen and oxygen atoms in total. The van der Waals surface area contributed by atoms with Crippen LogP contribution in [-0.2, 0) is 23.8 Å². The van der Waals surface area contributed by atoms with Crippen LogP contribution in [0, 0.1) is 11.8 Å². The van der Waals surface area contributed by atoms with Crippen LogP contribution < -0.4 is 0 Å². The van der Waals surface area contributed by atoms with E-state index in [-0.39, 0.29) is 18.5 Å². The molecule has 0 radical (unpaired) electrons. The van der Waals surface area contributed by atoms with E-state index < -0.39 is 0 Å². The van der Waals surface area contributed by atoms with Crippen molar-refractivity contribution in [3.8, 4) is 0 Å². The topological polar surface area (TPSA) is 88.5 Å². The molecule has 1 aliphatic rings. The van der Waals surface area contributed by atoms with Crippen LogP contribution in [0.15, 0.2) is 0 Å². The summed E-state index contributed by atoms with van der Waals surface area (Å²) in [5.74, 6) is 0.981. The molecule has 386 valence electrons. The van der Waals surface area contributed by atoms with Gasteiger partial charge in [0.05, 0.1) is 26.4 Å². The maximum Gasteiger partial charge on any atom is 0.305 e. The van der Waals surface area contributed by atoms with Gasteiger partial charge in [0.2, 0.25) is 0 Å². The maximum atomic E-state index is 12.9. The van der Waals surface area contributed by atoms with Crippen molar-refractivity contribution in [2.45, 2.75) is 278 Å². The average molecular weight is 922 g/mol. The second-order valence-corrected chi connectivity index (χ2v) is 20.4. The summed E-state index contributed by atoms with van der Waals surface area (Å²) in [6.45, 7) is 16.6. The molecule has 0 aliphatic carbocycles. The lowest BCUT2D eigenvalue weighted by atomic mass is 9.94. The van der Waals surface area contributed by atoms with Crippen molar-refractivity contribution >= 4 is 11.9 Å². The molecule has 1 aliphatic heterocycles. The first kappa shape index (κ1) is 61.8. The fraction of sp³-hybridized carbons (Fsp3) is 0.965. The monoisotopic (exact) mass is 921 g/mol. The summed E-state index contributed by atoms with van der Waals surface area (Å²) in [5.41, 5.74) is 0. The number of hydrogen-bond donors (Lipinski definition) is 1. The number of carbonyl (C=O) groups is 2.